The first-order valence-electron chi connectivity index (χ1n) is 6.55. The second-order valence-corrected chi connectivity index (χ2v) is 5.32. The third-order valence-electron chi connectivity index (χ3n) is 3.65. The van der Waals surface area contributed by atoms with Crippen molar-refractivity contribution in [3.8, 4) is 17.0 Å². The molecule has 2 aromatic rings. The van der Waals surface area contributed by atoms with Gasteiger partial charge in [-0.25, -0.2) is 0 Å². The molecule has 0 radical (unpaired) electrons. The number of fused-ring (bicyclic) bond motifs is 1. The molecule has 1 aromatic carbocycles. The van der Waals surface area contributed by atoms with E-state index in [2.05, 4.69) is 5.10 Å². The second-order valence-electron chi connectivity index (χ2n) is 4.92. The third kappa shape index (κ3) is 2.00. The van der Waals surface area contributed by atoms with E-state index in [4.69, 9.17) is 16.3 Å². The zero-order valence-corrected chi connectivity index (χ0v) is 12.2. The van der Waals surface area contributed by atoms with E-state index in [1.807, 2.05) is 19.2 Å². The van der Waals surface area contributed by atoms with Crippen LogP contribution in [0.25, 0.3) is 11.3 Å². The molecule has 0 atom stereocenters. The highest BCUT2D eigenvalue weighted by atomic mass is 35.5. The number of ether oxygens (including phenoxy) is 1. The maximum atomic E-state index is 12.2. The number of nitrogens with zero attached hydrogens (tertiary/aromatic N) is 2. The Labute approximate surface area is 122 Å². The molecular weight excluding hydrogens is 276 g/mol. The maximum absolute atomic E-state index is 12.2. The topological polar surface area (TPSA) is 44.1 Å². The first-order chi connectivity index (χ1) is 9.61. The van der Waals surface area contributed by atoms with Crippen LogP contribution in [0.5, 0.6) is 5.75 Å². The minimum atomic E-state index is 0.154. The molecule has 3 rings (SSSR count). The average Bonchev–Trinajstić information content (AvgIpc) is 2.76. The first-order valence-corrected chi connectivity index (χ1v) is 6.92. The van der Waals surface area contributed by atoms with Gasteiger partial charge in [-0.15, -0.1) is 0 Å². The fourth-order valence-electron chi connectivity index (χ4n) is 2.71. The quantitative estimate of drug-likeness (QED) is 0.852. The maximum Gasteiger partial charge on any atom is 0.166 e. The van der Waals surface area contributed by atoms with Crippen molar-refractivity contribution in [3.63, 3.8) is 0 Å². The Morgan fingerprint density at radius 3 is 2.85 bits per heavy atom. The molecule has 0 N–H and O–H groups in total. The van der Waals surface area contributed by atoms with E-state index in [-0.39, 0.29) is 5.78 Å². The number of Topliss-reactive ketones (excluding diaryl/α,β-unsaturated/α-hetero) is 1. The predicted molar refractivity (Wildman–Crippen MR) is 77.5 cm³/mol. The lowest BCUT2D eigenvalue weighted by Crippen LogP contribution is -2.10. The number of aryl methyl sites for hydroxylation is 2. The molecule has 1 aromatic heterocycles. The van der Waals surface area contributed by atoms with Crippen LogP contribution in [0.15, 0.2) is 18.2 Å². The molecule has 0 unspecified atom stereocenters. The number of halogens is 1. The van der Waals surface area contributed by atoms with E-state index in [9.17, 15) is 4.79 Å². The normalized spacial score (nSPS) is 14.2. The first kappa shape index (κ1) is 13.2. The van der Waals surface area contributed by atoms with Gasteiger partial charge >= 0.3 is 0 Å². The molecule has 104 valence electrons. The van der Waals surface area contributed by atoms with Gasteiger partial charge in [-0.3, -0.25) is 9.48 Å². The minimum Gasteiger partial charge on any atom is -0.497 e. The molecule has 1 heterocycles. The zero-order chi connectivity index (χ0) is 14.3. The summed E-state index contributed by atoms with van der Waals surface area (Å²) in [6.45, 7) is 0. The lowest BCUT2D eigenvalue weighted by Gasteiger charge is -2.12. The molecule has 5 heteroatoms. The highest BCUT2D eigenvalue weighted by Gasteiger charge is 2.27. The molecule has 20 heavy (non-hydrogen) atoms. The summed E-state index contributed by atoms with van der Waals surface area (Å²) in [5, 5.41) is 5.03. The van der Waals surface area contributed by atoms with Crippen molar-refractivity contribution in [1.82, 2.24) is 9.78 Å². The summed E-state index contributed by atoms with van der Waals surface area (Å²) in [6, 6.07) is 5.47. The molecule has 0 fully saturated rings. The SMILES string of the molecule is COc1ccc(-c2c3c(nn2C)CCCC3=O)c(Cl)c1. The van der Waals surface area contributed by atoms with E-state index in [0.29, 0.717) is 17.2 Å². The summed E-state index contributed by atoms with van der Waals surface area (Å²) in [5.74, 6) is 0.849. The summed E-state index contributed by atoms with van der Waals surface area (Å²) in [7, 11) is 3.45. The van der Waals surface area contributed by atoms with Gasteiger partial charge in [-0.05, 0) is 31.0 Å². The number of ketones is 1. The Morgan fingerprint density at radius 2 is 2.15 bits per heavy atom. The number of methoxy groups -OCH3 is 1. The monoisotopic (exact) mass is 290 g/mol. The summed E-state index contributed by atoms with van der Waals surface area (Å²) in [5.41, 5.74) is 3.23. The van der Waals surface area contributed by atoms with E-state index < -0.39 is 0 Å². The molecule has 0 bridgehead atoms. The summed E-state index contributed by atoms with van der Waals surface area (Å²) < 4.78 is 6.91. The molecule has 0 aliphatic heterocycles. The Bertz CT molecular complexity index is 691. The van der Waals surface area contributed by atoms with Crippen molar-refractivity contribution in [2.75, 3.05) is 7.11 Å². The van der Waals surface area contributed by atoms with Crippen LogP contribution in [0.1, 0.15) is 28.9 Å². The minimum absolute atomic E-state index is 0.154. The van der Waals surface area contributed by atoms with Crippen molar-refractivity contribution >= 4 is 17.4 Å². The van der Waals surface area contributed by atoms with Gasteiger partial charge in [0.05, 0.1) is 29.1 Å². The average molecular weight is 291 g/mol. The Morgan fingerprint density at radius 1 is 1.35 bits per heavy atom. The number of benzene rings is 1. The van der Waals surface area contributed by atoms with Crippen LogP contribution in [0.4, 0.5) is 0 Å². The molecule has 4 nitrogen and oxygen atoms in total. The van der Waals surface area contributed by atoms with Crippen molar-refractivity contribution in [2.24, 2.45) is 7.05 Å². The Hall–Kier alpha value is -1.81. The van der Waals surface area contributed by atoms with E-state index in [1.54, 1.807) is 17.9 Å². The molecule has 0 saturated heterocycles. The smallest absolute Gasteiger partial charge is 0.166 e. The van der Waals surface area contributed by atoms with E-state index >= 15 is 0 Å². The lowest BCUT2D eigenvalue weighted by atomic mass is 9.92. The number of carbonyl (C=O) groups excluding carboxylic acids is 1. The van der Waals surface area contributed by atoms with Crippen LogP contribution in [0.2, 0.25) is 5.02 Å². The van der Waals surface area contributed by atoms with Gasteiger partial charge in [0.1, 0.15) is 5.75 Å². The van der Waals surface area contributed by atoms with E-state index in [1.165, 1.54) is 0 Å². The summed E-state index contributed by atoms with van der Waals surface area (Å²) in [6.07, 6.45) is 2.31. The van der Waals surface area contributed by atoms with Crippen molar-refractivity contribution in [2.45, 2.75) is 19.3 Å². The lowest BCUT2D eigenvalue weighted by molar-refractivity contribution is 0.0973. The fourth-order valence-corrected chi connectivity index (χ4v) is 2.97. The number of hydrogen-bond donors (Lipinski definition) is 0. The van der Waals surface area contributed by atoms with Crippen LogP contribution >= 0.6 is 11.6 Å². The van der Waals surface area contributed by atoms with Gasteiger partial charge in [-0.2, -0.15) is 5.10 Å². The molecule has 1 aliphatic rings. The van der Waals surface area contributed by atoms with Crippen LogP contribution in [-0.2, 0) is 13.5 Å². The number of carbonyl (C=O) groups is 1. The molecule has 0 amide bonds. The molecule has 0 saturated carbocycles. The number of hydrogen-bond acceptors (Lipinski definition) is 3. The van der Waals surface area contributed by atoms with Gasteiger partial charge in [0.2, 0.25) is 0 Å². The van der Waals surface area contributed by atoms with Crippen molar-refractivity contribution in [1.29, 1.82) is 0 Å². The van der Waals surface area contributed by atoms with Crippen LogP contribution in [0, 0.1) is 0 Å². The van der Waals surface area contributed by atoms with Crippen LogP contribution in [-0.4, -0.2) is 22.7 Å². The van der Waals surface area contributed by atoms with Gasteiger partial charge in [-0.1, -0.05) is 11.6 Å². The van der Waals surface area contributed by atoms with E-state index in [0.717, 1.165) is 35.4 Å². The molecule has 1 aliphatic carbocycles. The standard InChI is InChI=1S/C15H15ClN2O2/c1-18-15(10-7-6-9(20-2)8-11(10)16)14-12(17-18)4-3-5-13(14)19/h6-8H,3-5H2,1-2H3. The molecule has 0 spiro atoms. The number of aromatic nitrogens is 2. The Kier molecular flexibility index (Phi) is 3.26. The summed E-state index contributed by atoms with van der Waals surface area (Å²) >= 11 is 6.33. The Balaban J connectivity index is 2.20. The van der Waals surface area contributed by atoms with Gasteiger partial charge in [0.25, 0.3) is 0 Å². The van der Waals surface area contributed by atoms with Crippen molar-refractivity contribution in [3.05, 3.63) is 34.5 Å². The second kappa shape index (κ2) is 4.94. The van der Waals surface area contributed by atoms with Gasteiger partial charge in [0.15, 0.2) is 5.78 Å². The third-order valence-corrected chi connectivity index (χ3v) is 3.96. The fraction of sp³-hybridized carbons (Fsp3) is 0.333. The zero-order valence-electron chi connectivity index (χ0n) is 11.4. The highest BCUT2D eigenvalue weighted by molar-refractivity contribution is 6.33. The van der Waals surface area contributed by atoms with Crippen LogP contribution < -0.4 is 4.74 Å². The number of rotatable bonds is 2. The largest absolute Gasteiger partial charge is 0.497 e. The van der Waals surface area contributed by atoms with Gasteiger partial charge < -0.3 is 4.74 Å². The van der Waals surface area contributed by atoms with Crippen LogP contribution in [0.3, 0.4) is 0 Å². The predicted octanol–water partition coefficient (Wildman–Crippen LogP) is 3.27. The van der Waals surface area contributed by atoms with Crippen molar-refractivity contribution < 1.29 is 9.53 Å². The van der Waals surface area contributed by atoms with Gasteiger partial charge in [0, 0.05) is 19.0 Å². The highest BCUT2D eigenvalue weighted by Crippen LogP contribution is 2.36. The summed E-state index contributed by atoms with van der Waals surface area (Å²) in [4.78, 5) is 12.2. The molecular formula is C15H15ClN2O2.